The van der Waals surface area contributed by atoms with Crippen molar-refractivity contribution in [2.75, 3.05) is 6.61 Å². The molecule has 2 saturated carbocycles. The lowest BCUT2D eigenvalue weighted by Gasteiger charge is -2.29. The third kappa shape index (κ3) is 5.22. The quantitative estimate of drug-likeness (QED) is 0.647. The summed E-state index contributed by atoms with van der Waals surface area (Å²) < 4.78 is 34.6. The van der Waals surface area contributed by atoms with Crippen LogP contribution in [0.1, 0.15) is 64.4 Å². The van der Waals surface area contributed by atoms with Gasteiger partial charge < -0.3 is 19.5 Å². The number of aromatic nitrogens is 2. The van der Waals surface area contributed by atoms with Crippen LogP contribution < -0.4 is 14.8 Å². The molecule has 1 aromatic carbocycles. The molecule has 2 fully saturated rings. The maximum Gasteiger partial charge on any atom is 0.297 e. The summed E-state index contributed by atoms with van der Waals surface area (Å²) in [7, 11) is 1.69. The Morgan fingerprint density at radius 2 is 1.91 bits per heavy atom. The van der Waals surface area contributed by atoms with Crippen molar-refractivity contribution in [3.63, 3.8) is 0 Å². The molecular weight excluding hydrogens is 427 g/mol. The van der Waals surface area contributed by atoms with E-state index in [9.17, 15) is 10.1 Å². The first-order valence-electron chi connectivity index (χ1n) is 11.7. The Bertz CT molecular complexity index is 1050. The molecule has 1 atom stereocenters. The van der Waals surface area contributed by atoms with Crippen LogP contribution in [0.25, 0.3) is 11.0 Å². The van der Waals surface area contributed by atoms with Crippen molar-refractivity contribution >= 4 is 16.9 Å². The molecule has 1 N–H and O–H groups in total. The highest BCUT2D eigenvalue weighted by atomic mass is 19.1. The Labute approximate surface area is 193 Å². The van der Waals surface area contributed by atoms with E-state index in [1.165, 1.54) is 13.0 Å². The van der Waals surface area contributed by atoms with Crippen LogP contribution in [0.2, 0.25) is 0 Å². The lowest BCUT2D eigenvalue weighted by atomic mass is 9.95. The smallest absolute Gasteiger partial charge is 0.297 e. The van der Waals surface area contributed by atoms with Crippen LogP contribution in [0.15, 0.2) is 6.07 Å². The topological polar surface area (TPSA) is 98.4 Å². The number of carbonyl (C=O) groups excluding carboxylic acids is 1. The number of hydrogen-bond donors (Lipinski definition) is 1. The summed E-state index contributed by atoms with van der Waals surface area (Å²) >= 11 is 0. The van der Waals surface area contributed by atoms with Crippen molar-refractivity contribution in [1.29, 1.82) is 5.26 Å². The van der Waals surface area contributed by atoms with Gasteiger partial charge in [-0.1, -0.05) is 0 Å². The summed E-state index contributed by atoms with van der Waals surface area (Å²) in [6, 6.07) is 3.82. The highest BCUT2D eigenvalue weighted by molar-refractivity contribution is 5.85. The molecule has 33 heavy (non-hydrogen) atoms. The number of carbonyl (C=O) groups is 1. The highest BCUT2D eigenvalue weighted by Crippen LogP contribution is 2.35. The van der Waals surface area contributed by atoms with Gasteiger partial charge in [-0.3, -0.25) is 9.36 Å². The number of amides is 1. The zero-order valence-electron chi connectivity index (χ0n) is 19.4. The van der Waals surface area contributed by atoms with E-state index in [1.54, 1.807) is 11.6 Å². The van der Waals surface area contributed by atoms with Gasteiger partial charge in [0.2, 0.25) is 5.91 Å². The average Bonchev–Trinajstić information content (AvgIpc) is 3.07. The number of halogens is 1. The fourth-order valence-electron chi connectivity index (χ4n) is 4.38. The van der Waals surface area contributed by atoms with Gasteiger partial charge in [-0.15, -0.1) is 0 Å². The second-order valence-electron chi connectivity index (χ2n) is 9.12. The molecule has 1 amide bonds. The minimum Gasteiger partial charge on any atom is -0.487 e. The molecule has 1 aromatic heterocycles. The van der Waals surface area contributed by atoms with Crippen LogP contribution in [0.5, 0.6) is 11.8 Å². The summed E-state index contributed by atoms with van der Waals surface area (Å²) in [6.45, 7) is 3.88. The predicted molar refractivity (Wildman–Crippen MR) is 120 cm³/mol. The van der Waals surface area contributed by atoms with Crippen LogP contribution >= 0.6 is 0 Å². The Balaban J connectivity index is 1.41. The highest BCUT2D eigenvalue weighted by Gasteiger charge is 2.28. The monoisotopic (exact) mass is 458 g/mol. The SMILES string of the molecule is CC(=O)N[C@@H](C)COC1CCC(Oc2nc3c(C#N)cc(OC4CCC4)c(F)c3n2C)CC1. The van der Waals surface area contributed by atoms with Crippen LogP contribution in [-0.4, -0.2) is 46.4 Å². The van der Waals surface area contributed by atoms with Gasteiger partial charge in [0.05, 0.1) is 24.4 Å². The summed E-state index contributed by atoms with van der Waals surface area (Å²) in [5.74, 6) is -0.473. The van der Waals surface area contributed by atoms with Crippen molar-refractivity contribution in [3.05, 3.63) is 17.4 Å². The van der Waals surface area contributed by atoms with Gasteiger partial charge in [0.15, 0.2) is 11.6 Å². The summed E-state index contributed by atoms with van der Waals surface area (Å²) in [5, 5.41) is 12.4. The maximum absolute atomic E-state index is 15.2. The molecule has 9 heteroatoms. The Hall–Kier alpha value is -2.86. The first kappa shape index (κ1) is 23.3. The third-order valence-electron chi connectivity index (χ3n) is 6.40. The van der Waals surface area contributed by atoms with Crippen molar-refractivity contribution in [2.45, 2.75) is 83.1 Å². The van der Waals surface area contributed by atoms with Crippen molar-refractivity contribution in [2.24, 2.45) is 7.05 Å². The molecule has 8 nitrogen and oxygen atoms in total. The van der Waals surface area contributed by atoms with Crippen molar-refractivity contribution < 1.29 is 23.4 Å². The molecule has 0 radical (unpaired) electrons. The molecule has 2 aromatic rings. The van der Waals surface area contributed by atoms with Gasteiger partial charge in [0.1, 0.15) is 23.2 Å². The largest absolute Gasteiger partial charge is 0.487 e. The first-order chi connectivity index (χ1) is 15.9. The van der Waals surface area contributed by atoms with Crippen molar-refractivity contribution in [1.82, 2.24) is 14.9 Å². The Kier molecular flexibility index (Phi) is 7.03. The van der Waals surface area contributed by atoms with E-state index < -0.39 is 5.82 Å². The molecule has 0 aliphatic heterocycles. The second-order valence-corrected chi connectivity index (χ2v) is 9.12. The number of nitriles is 1. The third-order valence-corrected chi connectivity index (χ3v) is 6.40. The number of fused-ring (bicyclic) bond motifs is 1. The lowest BCUT2D eigenvalue weighted by Crippen LogP contribution is -2.37. The number of aryl methyl sites for hydroxylation is 1. The molecule has 0 spiro atoms. The van der Waals surface area contributed by atoms with Crippen LogP contribution in [0.3, 0.4) is 0 Å². The predicted octanol–water partition coefficient (Wildman–Crippen LogP) is 3.75. The van der Waals surface area contributed by atoms with E-state index in [0.29, 0.717) is 12.6 Å². The molecule has 178 valence electrons. The molecule has 2 aliphatic carbocycles. The van der Waals surface area contributed by atoms with E-state index in [1.807, 2.05) is 6.92 Å². The zero-order valence-corrected chi connectivity index (χ0v) is 19.4. The lowest BCUT2D eigenvalue weighted by molar-refractivity contribution is -0.120. The summed E-state index contributed by atoms with van der Waals surface area (Å²) in [5.41, 5.74) is 0.788. The number of nitrogens with one attached hydrogen (secondary N) is 1. The van der Waals surface area contributed by atoms with E-state index in [4.69, 9.17) is 14.2 Å². The number of benzene rings is 1. The minimum atomic E-state index is -0.508. The number of rotatable bonds is 8. The standard InChI is InChI=1S/C24H31FN4O4/c1-14(27-15(2)30)13-31-17-7-9-19(10-8-17)33-24-28-22-16(12-26)11-20(32-18-5-4-6-18)21(25)23(22)29(24)3/h11,14,17-19H,4-10,13H2,1-3H3,(H,27,30)/t14-,17?,19?/m0/s1. The van der Waals surface area contributed by atoms with Gasteiger partial charge in [-0.25, -0.2) is 4.39 Å². The zero-order chi connectivity index (χ0) is 23.5. The number of imidazole rings is 1. The van der Waals surface area contributed by atoms with E-state index in [-0.39, 0.29) is 52.6 Å². The van der Waals surface area contributed by atoms with E-state index >= 15 is 4.39 Å². The van der Waals surface area contributed by atoms with Gasteiger partial charge in [0.25, 0.3) is 6.01 Å². The van der Waals surface area contributed by atoms with Gasteiger partial charge in [-0.2, -0.15) is 10.2 Å². The van der Waals surface area contributed by atoms with E-state index in [0.717, 1.165) is 44.9 Å². The normalized spacial score (nSPS) is 21.8. The fraction of sp³-hybridized carbons (Fsp3) is 0.625. The Morgan fingerprint density at radius 3 is 2.52 bits per heavy atom. The number of hydrogen-bond acceptors (Lipinski definition) is 6. The molecule has 0 unspecified atom stereocenters. The van der Waals surface area contributed by atoms with Gasteiger partial charge in [-0.05, 0) is 51.9 Å². The summed E-state index contributed by atoms with van der Waals surface area (Å²) in [6.07, 6.45) is 6.17. The Morgan fingerprint density at radius 1 is 1.24 bits per heavy atom. The number of ether oxygens (including phenoxy) is 3. The average molecular weight is 459 g/mol. The van der Waals surface area contributed by atoms with Crippen molar-refractivity contribution in [3.8, 4) is 17.8 Å². The first-order valence-corrected chi connectivity index (χ1v) is 11.7. The van der Waals surface area contributed by atoms with Crippen LogP contribution in [0, 0.1) is 17.1 Å². The molecule has 0 saturated heterocycles. The van der Waals surface area contributed by atoms with Crippen LogP contribution in [0.4, 0.5) is 4.39 Å². The number of nitrogens with zero attached hydrogens (tertiary/aromatic N) is 3. The molecule has 2 aliphatic rings. The summed E-state index contributed by atoms with van der Waals surface area (Å²) in [4.78, 5) is 15.6. The second kappa shape index (κ2) is 9.96. The molecular formula is C24H31FN4O4. The molecule has 1 heterocycles. The fourth-order valence-corrected chi connectivity index (χ4v) is 4.38. The molecule has 4 rings (SSSR count). The van der Waals surface area contributed by atoms with E-state index in [2.05, 4.69) is 16.4 Å². The van der Waals surface area contributed by atoms with Gasteiger partial charge >= 0.3 is 0 Å². The minimum absolute atomic E-state index is 0.00562. The molecule has 0 bridgehead atoms. The van der Waals surface area contributed by atoms with Gasteiger partial charge in [0, 0.05) is 26.1 Å². The van der Waals surface area contributed by atoms with Crippen LogP contribution in [-0.2, 0) is 16.6 Å². The maximum atomic E-state index is 15.2.